The van der Waals surface area contributed by atoms with Gasteiger partial charge in [-0.15, -0.1) is 0 Å². The van der Waals surface area contributed by atoms with Gasteiger partial charge in [0.15, 0.2) is 0 Å². The maximum absolute atomic E-state index is 12.0. The van der Waals surface area contributed by atoms with Gasteiger partial charge in [-0.05, 0) is 0 Å². The van der Waals surface area contributed by atoms with Crippen molar-refractivity contribution < 1.29 is 9.21 Å². The summed E-state index contributed by atoms with van der Waals surface area (Å²) in [6, 6.07) is 3.78. The van der Waals surface area contributed by atoms with Crippen LogP contribution in [-0.2, 0) is 0 Å². The molecule has 0 atom stereocenters. The van der Waals surface area contributed by atoms with Crippen LogP contribution in [0.1, 0.15) is 24.4 Å². The quantitative estimate of drug-likeness (QED) is 0.795. The van der Waals surface area contributed by atoms with Crippen LogP contribution in [-0.4, -0.2) is 37.2 Å². The van der Waals surface area contributed by atoms with E-state index in [0.29, 0.717) is 5.76 Å². The van der Waals surface area contributed by atoms with E-state index >= 15 is 0 Å². The van der Waals surface area contributed by atoms with Crippen molar-refractivity contribution in [2.75, 3.05) is 13.1 Å². The molecule has 1 aromatic rings. The van der Waals surface area contributed by atoms with Gasteiger partial charge in [-0.2, -0.15) is 0 Å². The molecule has 90 valence electrons. The van der Waals surface area contributed by atoms with Crippen LogP contribution >= 0.6 is 0 Å². The van der Waals surface area contributed by atoms with Crippen LogP contribution in [0.4, 0.5) is 0 Å². The molecule has 0 aliphatic heterocycles. The average Bonchev–Trinajstić information content (AvgIpc) is 2.67. The zero-order valence-electron chi connectivity index (χ0n) is 10.8. The number of carbonyl (C=O) groups is 1. The first kappa shape index (κ1) is 13.4. The van der Waals surface area contributed by atoms with Gasteiger partial charge >= 0.3 is 100.0 Å². The standard InChI is InChI=1S/C12H21GeNO2/c1-6-14(7-2)12(15)10-8-9-11(16-10)13(3,4)5/h8-9H,6-7H2,1-5H3. The van der Waals surface area contributed by atoms with E-state index in [2.05, 4.69) is 17.3 Å². The van der Waals surface area contributed by atoms with E-state index in [1.54, 1.807) is 4.90 Å². The summed E-state index contributed by atoms with van der Waals surface area (Å²) in [6.45, 7) is 5.41. The van der Waals surface area contributed by atoms with Crippen LogP contribution in [0.2, 0.25) is 17.3 Å². The van der Waals surface area contributed by atoms with Gasteiger partial charge in [0, 0.05) is 0 Å². The third-order valence-electron chi connectivity index (χ3n) is 2.61. The zero-order valence-corrected chi connectivity index (χ0v) is 12.9. The third-order valence-corrected chi connectivity index (χ3v) is 6.27. The molecule has 0 aromatic carbocycles. The van der Waals surface area contributed by atoms with E-state index in [-0.39, 0.29) is 5.91 Å². The Morgan fingerprint density at radius 3 is 2.19 bits per heavy atom. The van der Waals surface area contributed by atoms with E-state index in [0.717, 1.165) is 17.7 Å². The number of carbonyl (C=O) groups excluding carboxylic acids is 1. The fourth-order valence-electron chi connectivity index (χ4n) is 1.52. The Morgan fingerprint density at radius 1 is 1.25 bits per heavy atom. The van der Waals surface area contributed by atoms with Crippen molar-refractivity contribution in [2.24, 2.45) is 0 Å². The number of rotatable bonds is 4. The van der Waals surface area contributed by atoms with E-state index in [1.807, 2.05) is 26.0 Å². The number of hydrogen-bond acceptors (Lipinski definition) is 2. The van der Waals surface area contributed by atoms with Gasteiger partial charge in [0.25, 0.3) is 0 Å². The van der Waals surface area contributed by atoms with E-state index in [9.17, 15) is 4.79 Å². The molecule has 3 nitrogen and oxygen atoms in total. The second-order valence-electron chi connectivity index (χ2n) is 4.89. The zero-order chi connectivity index (χ0) is 12.3. The van der Waals surface area contributed by atoms with Gasteiger partial charge in [-0.25, -0.2) is 0 Å². The van der Waals surface area contributed by atoms with Gasteiger partial charge in [-0.1, -0.05) is 0 Å². The molecule has 1 heterocycles. The molecule has 0 aliphatic carbocycles. The second kappa shape index (κ2) is 5.08. The summed E-state index contributed by atoms with van der Waals surface area (Å²) in [5.41, 5.74) is 0. The minimum atomic E-state index is -1.94. The number of hydrogen-bond donors (Lipinski definition) is 0. The van der Waals surface area contributed by atoms with Crippen LogP contribution in [0.15, 0.2) is 16.5 Å². The first-order valence-electron chi connectivity index (χ1n) is 5.79. The van der Waals surface area contributed by atoms with Gasteiger partial charge in [0.05, 0.1) is 0 Å². The van der Waals surface area contributed by atoms with Crippen LogP contribution in [0, 0.1) is 0 Å². The Bertz CT molecular complexity index is 361. The minimum absolute atomic E-state index is 0.00269. The summed E-state index contributed by atoms with van der Waals surface area (Å²) in [7, 11) is 0. The predicted molar refractivity (Wildman–Crippen MR) is 68.9 cm³/mol. The summed E-state index contributed by atoms with van der Waals surface area (Å²) < 4.78 is 6.72. The van der Waals surface area contributed by atoms with Crippen molar-refractivity contribution in [2.45, 2.75) is 31.1 Å². The van der Waals surface area contributed by atoms with Crippen molar-refractivity contribution >= 4 is 23.8 Å². The van der Waals surface area contributed by atoms with Crippen molar-refractivity contribution in [1.82, 2.24) is 4.90 Å². The number of furan rings is 1. The van der Waals surface area contributed by atoms with Gasteiger partial charge in [0.2, 0.25) is 0 Å². The van der Waals surface area contributed by atoms with Crippen molar-refractivity contribution in [3.05, 3.63) is 17.9 Å². The number of nitrogens with zero attached hydrogens (tertiary/aromatic N) is 1. The Balaban J connectivity index is 2.90. The van der Waals surface area contributed by atoms with Crippen LogP contribution in [0.3, 0.4) is 0 Å². The van der Waals surface area contributed by atoms with Crippen LogP contribution in [0.5, 0.6) is 0 Å². The van der Waals surface area contributed by atoms with Crippen molar-refractivity contribution in [1.29, 1.82) is 0 Å². The predicted octanol–water partition coefficient (Wildman–Crippen LogP) is 2.31. The Labute approximate surface area is 100 Å². The molecule has 4 heteroatoms. The monoisotopic (exact) mass is 285 g/mol. The molecule has 0 N–H and O–H groups in total. The Morgan fingerprint density at radius 2 is 1.81 bits per heavy atom. The second-order valence-corrected chi connectivity index (χ2v) is 15.4. The first-order valence-corrected chi connectivity index (χ1v) is 13.1. The summed E-state index contributed by atoms with van der Waals surface area (Å²) in [4.78, 5) is 13.8. The van der Waals surface area contributed by atoms with E-state index < -0.39 is 13.3 Å². The molecule has 0 spiro atoms. The topological polar surface area (TPSA) is 33.5 Å². The molecule has 0 saturated heterocycles. The third kappa shape index (κ3) is 2.91. The fourth-order valence-corrected chi connectivity index (χ4v) is 3.62. The summed E-state index contributed by atoms with van der Waals surface area (Å²) >= 11 is -1.94. The van der Waals surface area contributed by atoms with Crippen molar-refractivity contribution in [3.63, 3.8) is 0 Å². The molecule has 0 bridgehead atoms. The molecule has 0 saturated carbocycles. The van der Waals surface area contributed by atoms with Gasteiger partial charge in [-0.3, -0.25) is 0 Å². The van der Waals surface area contributed by atoms with Gasteiger partial charge in [0.1, 0.15) is 0 Å². The van der Waals surface area contributed by atoms with Crippen LogP contribution in [0.25, 0.3) is 0 Å². The molecule has 0 aliphatic rings. The average molecular weight is 284 g/mol. The number of amides is 1. The Kier molecular flexibility index (Phi) is 4.24. The summed E-state index contributed by atoms with van der Waals surface area (Å²) in [5, 5.41) is 0. The normalized spacial score (nSPS) is 11.6. The van der Waals surface area contributed by atoms with Crippen LogP contribution < -0.4 is 4.59 Å². The Hall–Kier alpha value is -0.707. The molecule has 16 heavy (non-hydrogen) atoms. The van der Waals surface area contributed by atoms with E-state index in [4.69, 9.17) is 4.42 Å². The molecule has 0 unspecified atom stereocenters. The summed E-state index contributed by atoms with van der Waals surface area (Å²) in [5.74, 6) is 7.25. The summed E-state index contributed by atoms with van der Waals surface area (Å²) in [6.07, 6.45) is 0. The molecular formula is C12H21GeNO2. The molecule has 0 radical (unpaired) electrons. The maximum atomic E-state index is 12.0. The fraction of sp³-hybridized carbons (Fsp3) is 0.583. The molecular weight excluding hydrogens is 263 g/mol. The molecule has 0 fully saturated rings. The first-order chi connectivity index (χ1) is 7.40. The van der Waals surface area contributed by atoms with Gasteiger partial charge < -0.3 is 0 Å². The van der Waals surface area contributed by atoms with E-state index in [1.165, 1.54) is 0 Å². The molecule has 1 aromatic heterocycles. The molecule has 1 rings (SSSR count). The van der Waals surface area contributed by atoms with Crippen molar-refractivity contribution in [3.8, 4) is 0 Å². The SMILES string of the molecule is CCN(CC)C(=O)c1cc[c]([Ge]([CH3])([CH3])[CH3])o1. The molecule has 1 amide bonds.